The quantitative estimate of drug-likeness (QED) is 0.703. The van der Waals surface area contributed by atoms with Crippen molar-refractivity contribution in [1.82, 2.24) is 5.32 Å². The number of hydrogen-bond donors (Lipinski definition) is 2. The number of ether oxygens (including phenoxy) is 1. The molecule has 3 nitrogen and oxygen atoms in total. The van der Waals surface area contributed by atoms with Gasteiger partial charge in [0.25, 0.3) is 0 Å². The van der Waals surface area contributed by atoms with Crippen LogP contribution in [0.15, 0.2) is 42.5 Å². The Bertz CT molecular complexity index is 718. The summed E-state index contributed by atoms with van der Waals surface area (Å²) in [4.78, 5) is 0. The van der Waals surface area contributed by atoms with Crippen molar-refractivity contribution >= 4 is 34.6 Å². The van der Waals surface area contributed by atoms with Crippen LogP contribution in [-0.4, -0.2) is 12.2 Å². The van der Waals surface area contributed by atoms with Crippen molar-refractivity contribution in [2.75, 3.05) is 12.4 Å². The Morgan fingerprint density at radius 3 is 2.46 bits per heavy atom. The van der Waals surface area contributed by atoms with Crippen molar-refractivity contribution in [2.24, 2.45) is 5.92 Å². The molecule has 2 aromatic rings. The molecule has 2 N–H and O–H groups in total. The van der Waals surface area contributed by atoms with Crippen molar-refractivity contribution < 1.29 is 4.74 Å². The third-order valence-corrected chi connectivity index (χ3v) is 4.40. The molecule has 0 radical (unpaired) electrons. The van der Waals surface area contributed by atoms with Crippen LogP contribution in [0.4, 0.5) is 5.69 Å². The lowest BCUT2D eigenvalue weighted by Crippen LogP contribution is -2.35. The largest absolute Gasteiger partial charge is 0.495 e. The van der Waals surface area contributed by atoms with Gasteiger partial charge in [0.1, 0.15) is 5.75 Å². The second kappa shape index (κ2) is 8.36. The second-order valence-electron chi connectivity index (χ2n) is 6.03. The van der Waals surface area contributed by atoms with Crippen LogP contribution in [0.25, 0.3) is 0 Å². The molecule has 2 aromatic carbocycles. The Balaban J connectivity index is 2.11. The fourth-order valence-electron chi connectivity index (χ4n) is 2.59. The molecule has 2 rings (SSSR count). The first-order chi connectivity index (χ1) is 11.4. The van der Waals surface area contributed by atoms with Crippen molar-refractivity contribution in [3.63, 3.8) is 0 Å². The summed E-state index contributed by atoms with van der Waals surface area (Å²) in [5.74, 6) is 1.03. The van der Waals surface area contributed by atoms with Gasteiger partial charge in [0.05, 0.1) is 18.2 Å². The molecule has 24 heavy (non-hydrogen) atoms. The van der Waals surface area contributed by atoms with Gasteiger partial charge in [0, 0.05) is 5.69 Å². The van der Waals surface area contributed by atoms with Crippen molar-refractivity contribution in [2.45, 2.75) is 26.8 Å². The highest BCUT2D eigenvalue weighted by atomic mass is 35.5. The van der Waals surface area contributed by atoms with Gasteiger partial charge in [0.2, 0.25) is 0 Å². The number of rotatable bonds is 5. The maximum absolute atomic E-state index is 6.16. The summed E-state index contributed by atoms with van der Waals surface area (Å²) in [7, 11) is 1.59. The van der Waals surface area contributed by atoms with E-state index < -0.39 is 0 Å². The summed E-state index contributed by atoms with van der Waals surface area (Å²) in [6, 6.07) is 14.0. The molecule has 0 saturated heterocycles. The molecule has 0 saturated carbocycles. The fraction of sp³-hybridized carbons (Fsp3) is 0.316. The first-order valence-electron chi connectivity index (χ1n) is 7.89. The third-order valence-electron chi connectivity index (χ3n) is 3.89. The predicted molar refractivity (Wildman–Crippen MR) is 106 cm³/mol. The smallest absolute Gasteiger partial charge is 0.171 e. The van der Waals surface area contributed by atoms with Crippen LogP contribution in [0.2, 0.25) is 5.02 Å². The molecule has 0 heterocycles. The highest BCUT2D eigenvalue weighted by Crippen LogP contribution is 2.28. The van der Waals surface area contributed by atoms with Gasteiger partial charge in [-0.25, -0.2) is 0 Å². The molecule has 0 amide bonds. The van der Waals surface area contributed by atoms with E-state index in [1.165, 1.54) is 11.1 Å². The number of nitrogens with one attached hydrogen (secondary N) is 2. The Labute approximate surface area is 154 Å². The number of thiocarbonyl (C=S) groups is 1. The standard InChI is InChI=1S/C19H23ClN2OS/c1-12(2)18(15-8-6-5-7-13(15)3)22-19(24)21-14-9-10-17(23-4)16(20)11-14/h5-12,18H,1-4H3,(H2,21,22,24)/t18-/m0/s1. The van der Waals surface area contributed by atoms with E-state index in [4.69, 9.17) is 28.6 Å². The number of hydrogen-bond acceptors (Lipinski definition) is 2. The Hall–Kier alpha value is -1.78. The van der Waals surface area contributed by atoms with E-state index in [9.17, 15) is 0 Å². The summed E-state index contributed by atoms with van der Waals surface area (Å²) in [5, 5.41) is 7.72. The minimum Gasteiger partial charge on any atom is -0.495 e. The summed E-state index contributed by atoms with van der Waals surface area (Å²) >= 11 is 11.6. The highest BCUT2D eigenvalue weighted by molar-refractivity contribution is 7.80. The van der Waals surface area contributed by atoms with Crippen molar-refractivity contribution in [3.8, 4) is 5.75 Å². The lowest BCUT2D eigenvalue weighted by molar-refractivity contribution is 0.415. The van der Waals surface area contributed by atoms with E-state index in [0.29, 0.717) is 21.8 Å². The number of methoxy groups -OCH3 is 1. The summed E-state index contributed by atoms with van der Waals surface area (Å²) in [6.45, 7) is 6.47. The van der Waals surface area contributed by atoms with E-state index in [1.54, 1.807) is 13.2 Å². The maximum atomic E-state index is 6.16. The van der Waals surface area contributed by atoms with E-state index in [0.717, 1.165) is 5.69 Å². The SMILES string of the molecule is COc1ccc(NC(=S)N[C@H](c2ccccc2C)C(C)C)cc1Cl. The number of aryl methyl sites for hydroxylation is 1. The Morgan fingerprint density at radius 1 is 1.17 bits per heavy atom. The zero-order chi connectivity index (χ0) is 17.7. The molecule has 5 heteroatoms. The van der Waals surface area contributed by atoms with Gasteiger partial charge >= 0.3 is 0 Å². The Morgan fingerprint density at radius 2 is 1.88 bits per heavy atom. The molecule has 0 unspecified atom stereocenters. The molecule has 0 spiro atoms. The minimum absolute atomic E-state index is 0.139. The lowest BCUT2D eigenvalue weighted by atomic mass is 9.93. The summed E-state index contributed by atoms with van der Waals surface area (Å²) in [6.07, 6.45) is 0. The topological polar surface area (TPSA) is 33.3 Å². The van der Waals surface area contributed by atoms with E-state index in [1.807, 2.05) is 18.2 Å². The van der Waals surface area contributed by atoms with Gasteiger partial charge < -0.3 is 15.4 Å². The maximum Gasteiger partial charge on any atom is 0.171 e. The van der Waals surface area contributed by atoms with Crippen LogP contribution >= 0.6 is 23.8 Å². The number of benzene rings is 2. The van der Waals surface area contributed by atoms with Crippen molar-refractivity contribution in [1.29, 1.82) is 0 Å². The molecule has 0 aliphatic heterocycles. The number of anilines is 1. The molecular formula is C19H23ClN2OS. The molecule has 128 valence electrons. The average molecular weight is 363 g/mol. The van der Waals surface area contributed by atoms with E-state index >= 15 is 0 Å². The molecule has 0 fully saturated rings. The molecular weight excluding hydrogens is 340 g/mol. The van der Waals surface area contributed by atoms with Crippen LogP contribution in [-0.2, 0) is 0 Å². The molecule has 0 bridgehead atoms. The van der Waals surface area contributed by atoms with Crippen LogP contribution in [0.5, 0.6) is 5.75 Å². The van der Waals surface area contributed by atoms with Gasteiger partial charge in [-0.1, -0.05) is 49.7 Å². The van der Waals surface area contributed by atoms with Crippen LogP contribution in [0, 0.1) is 12.8 Å². The van der Waals surface area contributed by atoms with Crippen LogP contribution in [0.1, 0.15) is 31.0 Å². The van der Waals surface area contributed by atoms with Crippen LogP contribution < -0.4 is 15.4 Å². The van der Waals surface area contributed by atoms with E-state index in [-0.39, 0.29) is 6.04 Å². The third kappa shape index (κ3) is 4.62. The fourth-order valence-corrected chi connectivity index (χ4v) is 3.09. The first kappa shape index (κ1) is 18.6. The predicted octanol–water partition coefficient (Wildman–Crippen LogP) is 5.34. The van der Waals surface area contributed by atoms with Gasteiger partial charge in [-0.05, 0) is 54.4 Å². The highest BCUT2D eigenvalue weighted by Gasteiger charge is 2.18. The summed E-state index contributed by atoms with van der Waals surface area (Å²) < 4.78 is 5.16. The zero-order valence-corrected chi connectivity index (χ0v) is 16.0. The van der Waals surface area contributed by atoms with Gasteiger partial charge in [-0.2, -0.15) is 0 Å². The zero-order valence-electron chi connectivity index (χ0n) is 14.4. The second-order valence-corrected chi connectivity index (χ2v) is 6.84. The first-order valence-corrected chi connectivity index (χ1v) is 8.67. The molecule has 0 aliphatic rings. The van der Waals surface area contributed by atoms with Gasteiger partial charge in [0.15, 0.2) is 5.11 Å². The van der Waals surface area contributed by atoms with Crippen molar-refractivity contribution in [3.05, 3.63) is 58.6 Å². The lowest BCUT2D eigenvalue weighted by Gasteiger charge is -2.26. The monoisotopic (exact) mass is 362 g/mol. The normalized spacial score (nSPS) is 11.9. The van der Waals surface area contributed by atoms with E-state index in [2.05, 4.69) is 49.6 Å². The average Bonchev–Trinajstić information content (AvgIpc) is 2.53. The molecule has 0 aromatic heterocycles. The van der Waals surface area contributed by atoms with Gasteiger partial charge in [-0.15, -0.1) is 0 Å². The summed E-state index contributed by atoms with van der Waals surface area (Å²) in [5.41, 5.74) is 3.33. The van der Waals surface area contributed by atoms with Crippen LogP contribution in [0.3, 0.4) is 0 Å². The minimum atomic E-state index is 0.139. The molecule has 1 atom stereocenters. The Kier molecular flexibility index (Phi) is 6.46. The molecule has 0 aliphatic carbocycles. The number of halogens is 1. The van der Waals surface area contributed by atoms with Gasteiger partial charge in [-0.3, -0.25) is 0 Å².